The summed E-state index contributed by atoms with van der Waals surface area (Å²) in [5.74, 6) is -2.28. The van der Waals surface area contributed by atoms with Crippen molar-refractivity contribution in [3.05, 3.63) is 59.9 Å². The zero-order valence-corrected chi connectivity index (χ0v) is 15.6. The lowest BCUT2D eigenvalue weighted by Gasteiger charge is -2.43. The van der Waals surface area contributed by atoms with Crippen molar-refractivity contribution in [3.63, 3.8) is 0 Å². The van der Waals surface area contributed by atoms with E-state index in [2.05, 4.69) is 4.98 Å². The van der Waals surface area contributed by atoms with Gasteiger partial charge in [-0.15, -0.1) is 0 Å². The van der Waals surface area contributed by atoms with Crippen LogP contribution in [0.4, 0.5) is 10.5 Å². The van der Waals surface area contributed by atoms with Gasteiger partial charge in [0.05, 0.1) is 11.9 Å². The Morgan fingerprint density at radius 1 is 1.11 bits per heavy atom. The van der Waals surface area contributed by atoms with Crippen molar-refractivity contribution in [2.24, 2.45) is 5.73 Å². The number of anilines is 1. The van der Waals surface area contributed by atoms with Gasteiger partial charge >= 0.3 is 6.03 Å². The molecule has 1 saturated heterocycles. The van der Waals surface area contributed by atoms with E-state index in [1.54, 1.807) is 56.4 Å². The molecule has 1 fully saturated rings. The number of barbiturate groups is 1. The Hall–Kier alpha value is -3.55. The van der Waals surface area contributed by atoms with E-state index in [0.717, 1.165) is 15.4 Å². The van der Waals surface area contributed by atoms with Gasteiger partial charge in [-0.2, -0.15) is 0 Å². The smallest absolute Gasteiger partial charge is 0.338 e. The highest BCUT2D eigenvalue weighted by Crippen LogP contribution is 2.38. The van der Waals surface area contributed by atoms with Gasteiger partial charge in [-0.1, -0.05) is 37.3 Å². The van der Waals surface area contributed by atoms with Crippen molar-refractivity contribution in [2.45, 2.75) is 25.7 Å². The van der Waals surface area contributed by atoms with E-state index in [1.165, 1.54) is 6.20 Å². The second kappa shape index (κ2) is 7.22. The number of aryl methyl sites for hydroxylation is 1. The highest BCUT2D eigenvalue weighted by Gasteiger charge is 2.58. The van der Waals surface area contributed by atoms with E-state index in [1.807, 2.05) is 0 Å². The first-order valence-electron chi connectivity index (χ1n) is 8.79. The Labute approximate surface area is 161 Å². The predicted octanol–water partition coefficient (Wildman–Crippen LogP) is 1.52. The van der Waals surface area contributed by atoms with E-state index in [0.29, 0.717) is 5.56 Å². The lowest BCUT2D eigenvalue weighted by atomic mass is 9.74. The summed E-state index contributed by atoms with van der Waals surface area (Å²) in [5, 5.41) is 0. The minimum atomic E-state index is -1.64. The zero-order valence-electron chi connectivity index (χ0n) is 15.6. The van der Waals surface area contributed by atoms with Gasteiger partial charge in [-0.25, -0.2) is 9.69 Å². The van der Waals surface area contributed by atoms with Crippen LogP contribution in [0.25, 0.3) is 0 Å². The topological polar surface area (TPSA) is 114 Å². The molecular weight excluding hydrogens is 360 g/mol. The zero-order chi connectivity index (χ0) is 20.5. The van der Waals surface area contributed by atoms with Gasteiger partial charge in [0, 0.05) is 6.20 Å². The molecule has 0 spiro atoms. The summed E-state index contributed by atoms with van der Waals surface area (Å²) in [7, 11) is 0. The van der Waals surface area contributed by atoms with Crippen LogP contribution >= 0.6 is 0 Å². The molecule has 0 aliphatic carbocycles. The maximum atomic E-state index is 13.6. The fourth-order valence-corrected chi connectivity index (χ4v) is 3.47. The molecule has 144 valence electrons. The Bertz CT molecular complexity index is 960. The third-order valence-corrected chi connectivity index (χ3v) is 4.83. The fraction of sp³-hybridized carbons (Fsp3) is 0.250. The number of pyridine rings is 1. The molecule has 2 aromatic rings. The van der Waals surface area contributed by atoms with Crippen molar-refractivity contribution in [3.8, 4) is 0 Å². The summed E-state index contributed by atoms with van der Waals surface area (Å²) in [5.41, 5.74) is 5.02. The highest BCUT2D eigenvalue weighted by atomic mass is 16.2. The third-order valence-electron chi connectivity index (χ3n) is 4.83. The molecule has 1 atom stereocenters. The summed E-state index contributed by atoms with van der Waals surface area (Å²) < 4.78 is 0. The van der Waals surface area contributed by atoms with Crippen LogP contribution in [0.2, 0.25) is 0 Å². The molecule has 1 aromatic carbocycles. The standard InChI is InChI=1S/C20H20N4O4/c1-3-20(14-7-5-4-6-8-14)17(26)23(12-16(21)25)19(28)24(18(20)27)15-9-13(2)10-22-11-15/h4-11H,3,12H2,1-2H3,(H2,21,25). The van der Waals surface area contributed by atoms with Crippen molar-refractivity contribution in [2.75, 3.05) is 11.4 Å². The number of imide groups is 2. The summed E-state index contributed by atoms with van der Waals surface area (Å²) in [6, 6.07) is 9.20. The van der Waals surface area contributed by atoms with Gasteiger partial charge in [-0.3, -0.25) is 24.3 Å². The summed E-state index contributed by atoms with van der Waals surface area (Å²) >= 11 is 0. The second-order valence-corrected chi connectivity index (χ2v) is 6.63. The van der Waals surface area contributed by atoms with Crippen LogP contribution in [0, 0.1) is 6.92 Å². The van der Waals surface area contributed by atoms with Crippen molar-refractivity contribution in [1.82, 2.24) is 9.88 Å². The number of amides is 5. The number of hydrogen-bond acceptors (Lipinski definition) is 5. The van der Waals surface area contributed by atoms with Crippen LogP contribution in [-0.4, -0.2) is 40.2 Å². The number of hydrogen-bond donors (Lipinski definition) is 1. The number of benzene rings is 1. The molecule has 1 aliphatic heterocycles. The van der Waals surface area contributed by atoms with E-state index in [-0.39, 0.29) is 12.1 Å². The van der Waals surface area contributed by atoms with Gasteiger partial charge < -0.3 is 5.73 Å². The lowest BCUT2D eigenvalue weighted by molar-refractivity contribution is -0.145. The molecule has 0 saturated carbocycles. The Morgan fingerprint density at radius 3 is 2.36 bits per heavy atom. The number of nitrogens with two attached hydrogens (primary N) is 1. The number of urea groups is 1. The monoisotopic (exact) mass is 380 g/mol. The first kappa shape index (κ1) is 19.2. The van der Waals surface area contributed by atoms with Crippen molar-refractivity contribution < 1.29 is 19.2 Å². The summed E-state index contributed by atoms with van der Waals surface area (Å²) in [6.07, 6.45) is 3.05. The van der Waals surface area contributed by atoms with Gasteiger partial charge in [0.2, 0.25) is 5.91 Å². The van der Waals surface area contributed by atoms with E-state index < -0.39 is 35.7 Å². The predicted molar refractivity (Wildman–Crippen MR) is 101 cm³/mol. The molecule has 3 rings (SSSR count). The number of nitrogens with zero attached hydrogens (tertiary/aromatic N) is 3. The number of aromatic nitrogens is 1. The number of carbonyl (C=O) groups is 4. The molecule has 8 nitrogen and oxygen atoms in total. The molecule has 8 heteroatoms. The van der Waals surface area contributed by atoms with Gasteiger partial charge in [-0.05, 0) is 30.5 Å². The molecule has 0 radical (unpaired) electrons. The van der Waals surface area contributed by atoms with Gasteiger partial charge in [0.1, 0.15) is 6.54 Å². The molecule has 2 heterocycles. The number of carbonyl (C=O) groups excluding carboxylic acids is 4. The van der Waals surface area contributed by atoms with E-state index in [4.69, 9.17) is 5.73 Å². The maximum Gasteiger partial charge on any atom is 0.338 e. The average molecular weight is 380 g/mol. The van der Waals surface area contributed by atoms with Crippen LogP contribution in [-0.2, 0) is 19.8 Å². The van der Waals surface area contributed by atoms with Crippen LogP contribution in [0.15, 0.2) is 48.8 Å². The molecule has 1 aromatic heterocycles. The summed E-state index contributed by atoms with van der Waals surface area (Å²) in [4.78, 5) is 57.1. The molecule has 5 amide bonds. The molecular formula is C20H20N4O4. The normalized spacial score (nSPS) is 19.9. The van der Waals surface area contributed by atoms with Gasteiger partial charge in [0.15, 0.2) is 5.41 Å². The largest absolute Gasteiger partial charge is 0.368 e. The minimum absolute atomic E-state index is 0.104. The van der Waals surface area contributed by atoms with E-state index >= 15 is 0 Å². The van der Waals surface area contributed by atoms with Crippen LogP contribution in [0.5, 0.6) is 0 Å². The Balaban J connectivity index is 2.24. The van der Waals surface area contributed by atoms with E-state index in [9.17, 15) is 19.2 Å². The second-order valence-electron chi connectivity index (χ2n) is 6.63. The van der Waals surface area contributed by atoms with Crippen LogP contribution in [0.3, 0.4) is 0 Å². The van der Waals surface area contributed by atoms with Crippen LogP contribution < -0.4 is 10.6 Å². The first-order valence-corrected chi connectivity index (χ1v) is 8.79. The Morgan fingerprint density at radius 2 is 1.79 bits per heavy atom. The molecule has 1 unspecified atom stereocenters. The maximum absolute atomic E-state index is 13.6. The molecule has 0 bridgehead atoms. The number of rotatable bonds is 5. The number of primary amides is 1. The molecule has 28 heavy (non-hydrogen) atoms. The summed E-state index contributed by atoms with van der Waals surface area (Å²) in [6.45, 7) is 2.84. The highest BCUT2D eigenvalue weighted by molar-refractivity contribution is 6.33. The third kappa shape index (κ3) is 2.92. The quantitative estimate of drug-likeness (QED) is 0.790. The lowest BCUT2D eigenvalue weighted by Crippen LogP contribution is -2.68. The SMILES string of the molecule is CCC1(c2ccccc2)C(=O)N(CC(N)=O)C(=O)N(c2cncc(C)c2)C1=O. The van der Waals surface area contributed by atoms with Crippen LogP contribution in [0.1, 0.15) is 24.5 Å². The average Bonchev–Trinajstić information content (AvgIpc) is 2.67. The van der Waals surface area contributed by atoms with Gasteiger partial charge in [0.25, 0.3) is 11.8 Å². The fourth-order valence-electron chi connectivity index (χ4n) is 3.47. The van der Waals surface area contributed by atoms with Crippen molar-refractivity contribution in [1.29, 1.82) is 0 Å². The molecule has 2 N–H and O–H groups in total. The first-order chi connectivity index (χ1) is 13.3. The van der Waals surface area contributed by atoms with Crippen molar-refractivity contribution >= 4 is 29.4 Å². The molecule has 1 aliphatic rings. The Kier molecular flexibility index (Phi) is 4.96. The minimum Gasteiger partial charge on any atom is -0.368 e.